The van der Waals surface area contributed by atoms with Crippen LogP contribution in [0, 0.1) is 5.82 Å². The van der Waals surface area contributed by atoms with Crippen molar-refractivity contribution in [1.29, 1.82) is 0 Å². The van der Waals surface area contributed by atoms with Crippen molar-refractivity contribution in [3.05, 3.63) is 71.8 Å². The zero-order valence-electron chi connectivity index (χ0n) is 12.7. The molecule has 2 heterocycles. The fraction of sp³-hybridized carbons (Fsp3) is 0.118. The summed E-state index contributed by atoms with van der Waals surface area (Å²) < 4.78 is 15.8. The number of nitrogens with zero attached hydrogens (tertiary/aromatic N) is 4. The quantitative estimate of drug-likeness (QED) is 0.475. The maximum Gasteiger partial charge on any atom is 0.192 e. The third-order valence-corrected chi connectivity index (χ3v) is 4.72. The summed E-state index contributed by atoms with van der Waals surface area (Å²) in [4.78, 5) is 4.01. The lowest BCUT2D eigenvalue weighted by Gasteiger charge is -2.08. The first kappa shape index (κ1) is 16.7. The van der Waals surface area contributed by atoms with Crippen LogP contribution >= 0.6 is 23.4 Å². The standard InChI is InChI=1S/C17H14ClFN4S/c1-2-10-23-16(12-6-8-20-9-7-12)21-22-17(23)24-11-13-14(18)4-3-5-15(13)19/h2-9H,1,10-11H2. The van der Waals surface area contributed by atoms with Crippen molar-refractivity contribution in [2.75, 3.05) is 0 Å². The van der Waals surface area contributed by atoms with Crippen LogP contribution in [0.3, 0.4) is 0 Å². The molecule has 0 unspecified atom stereocenters. The fourth-order valence-corrected chi connectivity index (χ4v) is 3.50. The molecule has 1 aromatic carbocycles. The van der Waals surface area contributed by atoms with Crippen molar-refractivity contribution >= 4 is 23.4 Å². The van der Waals surface area contributed by atoms with Crippen LogP contribution in [0.1, 0.15) is 5.56 Å². The normalized spacial score (nSPS) is 10.8. The molecule has 7 heteroatoms. The molecule has 0 N–H and O–H groups in total. The van der Waals surface area contributed by atoms with Gasteiger partial charge in [-0.25, -0.2) is 4.39 Å². The van der Waals surface area contributed by atoms with Gasteiger partial charge in [0.15, 0.2) is 11.0 Å². The van der Waals surface area contributed by atoms with Crippen LogP contribution in [0.15, 0.2) is 60.5 Å². The largest absolute Gasteiger partial charge is 0.298 e. The summed E-state index contributed by atoms with van der Waals surface area (Å²) in [5.74, 6) is 0.774. The van der Waals surface area contributed by atoms with Crippen LogP contribution in [0.2, 0.25) is 5.02 Å². The van der Waals surface area contributed by atoms with Gasteiger partial charge in [0.05, 0.1) is 0 Å². The monoisotopic (exact) mass is 360 g/mol. The van der Waals surface area contributed by atoms with Crippen molar-refractivity contribution in [1.82, 2.24) is 19.7 Å². The first-order valence-electron chi connectivity index (χ1n) is 7.21. The third-order valence-electron chi connectivity index (χ3n) is 3.37. The van der Waals surface area contributed by atoms with E-state index in [0.717, 1.165) is 11.4 Å². The minimum Gasteiger partial charge on any atom is -0.298 e. The molecule has 0 atom stereocenters. The molecule has 122 valence electrons. The summed E-state index contributed by atoms with van der Waals surface area (Å²) in [6, 6.07) is 8.40. The Hall–Kier alpha value is -2.18. The van der Waals surface area contributed by atoms with Crippen molar-refractivity contribution in [3.63, 3.8) is 0 Å². The van der Waals surface area contributed by atoms with Crippen molar-refractivity contribution in [3.8, 4) is 11.4 Å². The average molecular weight is 361 g/mol. The molecule has 3 rings (SSSR count). The van der Waals surface area contributed by atoms with E-state index in [-0.39, 0.29) is 5.82 Å². The van der Waals surface area contributed by atoms with Gasteiger partial charge in [0.25, 0.3) is 0 Å². The molecule has 4 nitrogen and oxygen atoms in total. The van der Waals surface area contributed by atoms with Gasteiger partial charge >= 0.3 is 0 Å². The summed E-state index contributed by atoms with van der Waals surface area (Å²) in [7, 11) is 0. The number of benzene rings is 1. The average Bonchev–Trinajstić information content (AvgIpc) is 2.98. The van der Waals surface area contributed by atoms with Gasteiger partial charge in [-0.3, -0.25) is 9.55 Å². The van der Waals surface area contributed by atoms with Crippen LogP contribution in [-0.2, 0) is 12.3 Å². The summed E-state index contributed by atoms with van der Waals surface area (Å²) in [5.41, 5.74) is 1.37. The highest BCUT2D eigenvalue weighted by Crippen LogP contribution is 2.29. The topological polar surface area (TPSA) is 43.6 Å². The Morgan fingerprint density at radius 2 is 2.00 bits per heavy atom. The van der Waals surface area contributed by atoms with E-state index in [1.54, 1.807) is 30.6 Å². The molecule has 0 bridgehead atoms. The van der Waals surface area contributed by atoms with Crippen LogP contribution in [0.25, 0.3) is 11.4 Å². The van der Waals surface area contributed by atoms with E-state index in [2.05, 4.69) is 21.8 Å². The highest BCUT2D eigenvalue weighted by Gasteiger charge is 2.15. The Balaban J connectivity index is 1.89. The van der Waals surface area contributed by atoms with Crippen molar-refractivity contribution in [2.24, 2.45) is 0 Å². The molecule has 2 aromatic heterocycles. The molecule has 0 radical (unpaired) electrons. The lowest BCUT2D eigenvalue weighted by Crippen LogP contribution is -2.01. The van der Waals surface area contributed by atoms with E-state index in [4.69, 9.17) is 11.6 Å². The molecule has 0 spiro atoms. The summed E-state index contributed by atoms with van der Waals surface area (Å²) in [5, 5.41) is 9.57. The Labute approximate surface area is 148 Å². The number of aromatic nitrogens is 4. The molecule has 0 saturated carbocycles. The van der Waals surface area contributed by atoms with E-state index < -0.39 is 0 Å². The Kier molecular flexibility index (Phi) is 5.27. The molecule has 0 aliphatic carbocycles. The van der Waals surface area contributed by atoms with E-state index in [1.807, 2.05) is 16.7 Å². The van der Waals surface area contributed by atoms with E-state index >= 15 is 0 Å². The first-order chi connectivity index (χ1) is 11.7. The van der Waals surface area contributed by atoms with Crippen molar-refractivity contribution < 1.29 is 4.39 Å². The summed E-state index contributed by atoms with van der Waals surface area (Å²) in [6.07, 6.45) is 5.18. The van der Waals surface area contributed by atoms with Gasteiger partial charge in [-0.05, 0) is 24.3 Å². The lowest BCUT2D eigenvalue weighted by molar-refractivity contribution is 0.617. The number of hydrogen-bond acceptors (Lipinski definition) is 4. The molecular weight excluding hydrogens is 347 g/mol. The highest BCUT2D eigenvalue weighted by molar-refractivity contribution is 7.98. The smallest absolute Gasteiger partial charge is 0.192 e. The predicted octanol–water partition coefficient (Wildman–Crippen LogP) is 4.61. The van der Waals surface area contributed by atoms with Gasteiger partial charge in [-0.1, -0.05) is 35.5 Å². The van der Waals surface area contributed by atoms with Gasteiger partial charge in [-0.2, -0.15) is 0 Å². The summed E-state index contributed by atoms with van der Waals surface area (Å²) >= 11 is 7.46. The molecule has 0 amide bonds. The highest BCUT2D eigenvalue weighted by atomic mass is 35.5. The molecule has 0 saturated heterocycles. The Morgan fingerprint density at radius 3 is 2.71 bits per heavy atom. The second kappa shape index (κ2) is 7.59. The maximum absolute atomic E-state index is 13.9. The zero-order valence-corrected chi connectivity index (χ0v) is 14.3. The number of allylic oxidation sites excluding steroid dienone is 1. The Bertz CT molecular complexity index is 831. The second-order valence-electron chi connectivity index (χ2n) is 4.93. The van der Waals surface area contributed by atoms with E-state index in [0.29, 0.717) is 28.0 Å². The SMILES string of the molecule is C=CCn1c(SCc2c(F)cccc2Cl)nnc1-c1ccncc1. The van der Waals surface area contributed by atoms with Crippen molar-refractivity contribution in [2.45, 2.75) is 17.5 Å². The Morgan fingerprint density at radius 1 is 1.21 bits per heavy atom. The van der Waals surface area contributed by atoms with Gasteiger partial charge in [0.1, 0.15) is 5.82 Å². The third kappa shape index (κ3) is 3.49. The number of halogens is 2. The van der Waals surface area contributed by atoms with E-state index in [9.17, 15) is 4.39 Å². The van der Waals surface area contributed by atoms with E-state index in [1.165, 1.54) is 17.8 Å². The van der Waals surface area contributed by atoms with Gasteiger partial charge in [0.2, 0.25) is 0 Å². The number of hydrogen-bond donors (Lipinski definition) is 0. The predicted molar refractivity (Wildman–Crippen MR) is 94.4 cm³/mol. The summed E-state index contributed by atoms with van der Waals surface area (Å²) in [6.45, 7) is 4.33. The van der Waals surface area contributed by atoms with Crippen LogP contribution in [0.4, 0.5) is 4.39 Å². The molecule has 24 heavy (non-hydrogen) atoms. The number of rotatable bonds is 6. The lowest BCUT2D eigenvalue weighted by atomic mass is 10.2. The van der Waals surface area contributed by atoms with Gasteiger partial charge in [-0.15, -0.1) is 16.8 Å². The second-order valence-corrected chi connectivity index (χ2v) is 6.28. The molecule has 3 aromatic rings. The fourth-order valence-electron chi connectivity index (χ4n) is 2.21. The van der Waals surface area contributed by atoms with Gasteiger partial charge < -0.3 is 0 Å². The minimum absolute atomic E-state index is 0.320. The minimum atomic E-state index is -0.320. The molecule has 0 aliphatic heterocycles. The van der Waals surface area contributed by atoms with Crippen LogP contribution < -0.4 is 0 Å². The number of thioether (sulfide) groups is 1. The number of pyridine rings is 1. The molecular formula is C17H14ClFN4S. The maximum atomic E-state index is 13.9. The molecule has 0 aliphatic rings. The first-order valence-corrected chi connectivity index (χ1v) is 8.57. The van der Waals surface area contributed by atoms with Gasteiger partial charge in [0, 0.05) is 40.8 Å². The molecule has 0 fully saturated rings. The van der Waals surface area contributed by atoms with Crippen LogP contribution in [-0.4, -0.2) is 19.7 Å². The van der Waals surface area contributed by atoms with Crippen LogP contribution in [0.5, 0.6) is 0 Å². The zero-order chi connectivity index (χ0) is 16.9.